The molecule has 2 N–H and O–H groups in total. The lowest BCUT2D eigenvalue weighted by Gasteiger charge is -2.11. The van der Waals surface area contributed by atoms with Crippen LogP contribution in [0, 0.1) is 0 Å². The van der Waals surface area contributed by atoms with Gasteiger partial charge >= 0.3 is 5.97 Å². The van der Waals surface area contributed by atoms with E-state index in [0.29, 0.717) is 36.0 Å². The number of H-pyrrole nitrogens is 1. The van der Waals surface area contributed by atoms with Crippen molar-refractivity contribution in [3.8, 4) is 28.5 Å². The van der Waals surface area contributed by atoms with Crippen molar-refractivity contribution in [2.75, 3.05) is 6.61 Å². The van der Waals surface area contributed by atoms with E-state index in [2.05, 4.69) is 41.5 Å². The van der Waals surface area contributed by atoms with Gasteiger partial charge in [0, 0.05) is 24.4 Å². The van der Waals surface area contributed by atoms with Gasteiger partial charge in [0.2, 0.25) is 5.82 Å². The molecule has 5 aromatic rings. The Kier molecular flexibility index (Phi) is 5.62. The van der Waals surface area contributed by atoms with Crippen LogP contribution in [0.2, 0.25) is 0 Å². The number of para-hydroxylation sites is 1. The number of benzene rings is 2. The molecular weight excluding hydrogens is 502 g/mol. The summed E-state index contributed by atoms with van der Waals surface area (Å²) < 4.78 is 10.4. The molecule has 0 spiro atoms. The number of aromatic amines is 1. The fourth-order valence-corrected chi connectivity index (χ4v) is 4.55. The number of rotatable bonds is 7. The third kappa shape index (κ3) is 3.73. The smallest absolute Gasteiger partial charge is 0.337 e. The van der Waals surface area contributed by atoms with Gasteiger partial charge in [-0.15, -0.1) is 10.2 Å². The number of carbonyl (C=O) groups is 1. The lowest BCUT2D eigenvalue weighted by Crippen LogP contribution is -2.08. The summed E-state index contributed by atoms with van der Waals surface area (Å²) in [6, 6.07) is 13.5. The number of hydrogen-bond acceptors (Lipinski definition) is 6. The SMILES string of the molecule is CCOc1nc2cccc(C(=O)O)c2n1Cc1ccc(-c2c(-c3nn[nH]n3)cn(C)c2Br)cc1. The molecule has 0 radical (unpaired) electrons. The van der Waals surface area contributed by atoms with Gasteiger partial charge < -0.3 is 14.4 Å². The Morgan fingerprint density at radius 1 is 1.21 bits per heavy atom. The van der Waals surface area contributed by atoms with E-state index in [0.717, 1.165) is 26.9 Å². The summed E-state index contributed by atoms with van der Waals surface area (Å²) in [6.07, 6.45) is 1.94. The zero-order valence-corrected chi connectivity index (χ0v) is 19.9. The number of hydrogen-bond donors (Lipinski definition) is 2. The van der Waals surface area contributed by atoms with E-state index in [-0.39, 0.29) is 5.56 Å². The summed E-state index contributed by atoms with van der Waals surface area (Å²) in [5, 5.41) is 24.1. The minimum Gasteiger partial charge on any atom is -0.478 e. The van der Waals surface area contributed by atoms with Gasteiger partial charge in [0.15, 0.2) is 0 Å². The summed E-state index contributed by atoms with van der Waals surface area (Å²) in [5.74, 6) is -0.499. The quantitative estimate of drug-likeness (QED) is 0.330. The van der Waals surface area contributed by atoms with Crippen molar-refractivity contribution in [2.24, 2.45) is 7.05 Å². The maximum atomic E-state index is 11.8. The number of tetrazole rings is 1. The lowest BCUT2D eigenvalue weighted by molar-refractivity contribution is 0.0698. The van der Waals surface area contributed by atoms with Gasteiger partial charge in [-0.2, -0.15) is 10.2 Å². The topological polar surface area (TPSA) is 124 Å². The van der Waals surface area contributed by atoms with Crippen molar-refractivity contribution >= 4 is 32.9 Å². The van der Waals surface area contributed by atoms with E-state index in [1.54, 1.807) is 22.8 Å². The van der Waals surface area contributed by atoms with Crippen molar-refractivity contribution in [1.82, 2.24) is 34.7 Å². The number of nitrogens with one attached hydrogen (secondary N) is 1. The average molecular weight is 522 g/mol. The Labute approximate surface area is 202 Å². The normalized spacial score (nSPS) is 11.3. The second kappa shape index (κ2) is 8.75. The van der Waals surface area contributed by atoms with Crippen LogP contribution in [0.15, 0.2) is 53.3 Å². The first-order chi connectivity index (χ1) is 16.5. The molecule has 34 heavy (non-hydrogen) atoms. The van der Waals surface area contributed by atoms with Crippen LogP contribution < -0.4 is 4.74 Å². The number of ether oxygens (including phenoxy) is 1. The molecule has 0 fully saturated rings. The standard InChI is InChI=1S/C23H20BrN7O3/c1-3-34-23-25-17-6-4-5-15(22(32)33)19(17)31(23)11-13-7-9-14(10-8-13)18-16(12-30(2)20(18)24)21-26-28-29-27-21/h4-10,12H,3,11H2,1-2H3,(H,32,33)(H,26,27,28,29). The molecule has 0 aliphatic carbocycles. The number of nitrogens with zero attached hydrogens (tertiary/aromatic N) is 6. The van der Waals surface area contributed by atoms with Crippen LogP contribution in [-0.4, -0.2) is 52.4 Å². The van der Waals surface area contributed by atoms with Crippen molar-refractivity contribution in [1.29, 1.82) is 0 Å². The van der Waals surface area contributed by atoms with Crippen LogP contribution in [0.4, 0.5) is 0 Å². The number of carboxylic acid groups (broad SMARTS) is 1. The maximum absolute atomic E-state index is 11.8. The molecule has 3 aromatic heterocycles. The molecule has 10 nitrogen and oxygen atoms in total. The minimum absolute atomic E-state index is 0.186. The van der Waals surface area contributed by atoms with E-state index < -0.39 is 5.97 Å². The van der Waals surface area contributed by atoms with Crippen LogP contribution in [0.3, 0.4) is 0 Å². The van der Waals surface area contributed by atoms with Crippen molar-refractivity contribution in [3.05, 3.63) is 64.4 Å². The second-order valence-electron chi connectivity index (χ2n) is 7.64. The Morgan fingerprint density at radius 2 is 2.00 bits per heavy atom. The molecule has 0 amide bonds. The molecule has 172 valence electrons. The summed E-state index contributed by atoms with van der Waals surface area (Å²) in [7, 11) is 1.94. The number of aryl methyl sites for hydroxylation is 1. The molecule has 0 saturated heterocycles. The molecule has 0 aliphatic heterocycles. The highest BCUT2D eigenvalue weighted by Gasteiger charge is 2.20. The molecule has 5 rings (SSSR count). The van der Waals surface area contributed by atoms with Gasteiger partial charge in [0.1, 0.15) is 0 Å². The maximum Gasteiger partial charge on any atom is 0.337 e. The minimum atomic E-state index is -1.01. The summed E-state index contributed by atoms with van der Waals surface area (Å²) in [4.78, 5) is 16.4. The first-order valence-corrected chi connectivity index (χ1v) is 11.3. The van der Waals surface area contributed by atoms with Gasteiger partial charge in [-0.25, -0.2) is 4.79 Å². The molecule has 0 bridgehead atoms. The van der Waals surface area contributed by atoms with Crippen molar-refractivity contribution in [2.45, 2.75) is 13.5 Å². The molecule has 11 heteroatoms. The third-order valence-electron chi connectivity index (χ3n) is 5.51. The number of aromatic carboxylic acids is 1. The average Bonchev–Trinajstić information content (AvgIpc) is 3.54. The summed E-state index contributed by atoms with van der Waals surface area (Å²) >= 11 is 3.66. The number of fused-ring (bicyclic) bond motifs is 1. The van der Waals surface area contributed by atoms with Crippen molar-refractivity contribution in [3.63, 3.8) is 0 Å². The van der Waals surface area contributed by atoms with Gasteiger partial charge in [0.05, 0.1) is 34.4 Å². The zero-order chi connectivity index (χ0) is 23.8. The van der Waals surface area contributed by atoms with Gasteiger partial charge in [-0.05, 0) is 51.3 Å². The Hall–Kier alpha value is -3.99. The highest BCUT2D eigenvalue weighted by molar-refractivity contribution is 9.10. The first-order valence-electron chi connectivity index (χ1n) is 10.5. The van der Waals surface area contributed by atoms with Crippen LogP contribution in [0.1, 0.15) is 22.8 Å². The second-order valence-corrected chi connectivity index (χ2v) is 8.39. The van der Waals surface area contributed by atoms with Crippen LogP contribution >= 0.6 is 15.9 Å². The molecule has 0 atom stereocenters. The zero-order valence-electron chi connectivity index (χ0n) is 18.4. The first kappa shape index (κ1) is 21.8. The van der Waals surface area contributed by atoms with Crippen molar-refractivity contribution < 1.29 is 14.6 Å². The van der Waals surface area contributed by atoms with Crippen LogP contribution in [-0.2, 0) is 13.6 Å². The lowest BCUT2D eigenvalue weighted by atomic mass is 10.0. The largest absolute Gasteiger partial charge is 0.478 e. The highest BCUT2D eigenvalue weighted by atomic mass is 79.9. The monoisotopic (exact) mass is 521 g/mol. The van der Waals surface area contributed by atoms with E-state index >= 15 is 0 Å². The predicted molar refractivity (Wildman–Crippen MR) is 129 cm³/mol. The number of aromatic nitrogens is 7. The van der Waals surface area contributed by atoms with E-state index in [1.165, 1.54) is 0 Å². The Bertz CT molecular complexity index is 1490. The van der Waals surface area contributed by atoms with E-state index in [9.17, 15) is 9.90 Å². The molecule has 0 saturated carbocycles. The van der Waals surface area contributed by atoms with E-state index in [4.69, 9.17) is 4.74 Å². The number of carboxylic acids is 1. The molecule has 0 unspecified atom stereocenters. The third-order valence-corrected chi connectivity index (χ3v) is 6.47. The number of halogens is 1. The molecular formula is C23H20BrN7O3. The van der Waals surface area contributed by atoms with Crippen LogP contribution in [0.5, 0.6) is 6.01 Å². The molecule has 3 heterocycles. The van der Waals surface area contributed by atoms with Gasteiger partial charge in [-0.3, -0.25) is 4.57 Å². The van der Waals surface area contributed by atoms with Gasteiger partial charge in [-0.1, -0.05) is 30.3 Å². The molecule has 2 aromatic carbocycles. The Balaban J connectivity index is 1.55. The predicted octanol–water partition coefficient (Wildman–Crippen LogP) is 4.13. The summed E-state index contributed by atoms with van der Waals surface area (Å²) in [6.45, 7) is 2.70. The summed E-state index contributed by atoms with van der Waals surface area (Å²) in [5.41, 5.74) is 5.05. The number of imidazole rings is 1. The van der Waals surface area contributed by atoms with Crippen LogP contribution in [0.25, 0.3) is 33.5 Å². The molecule has 0 aliphatic rings. The highest BCUT2D eigenvalue weighted by Crippen LogP contribution is 2.38. The Morgan fingerprint density at radius 3 is 2.68 bits per heavy atom. The van der Waals surface area contributed by atoms with E-state index in [1.807, 2.05) is 49.0 Å². The fourth-order valence-electron chi connectivity index (χ4n) is 4.00. The van der Waals surface area contributed by atoms with Gasteiger partial charge in [0.25, 0.3) is 6.01 Å². The fraction of sp³-hybridized carbons (Fsp3) is 0.174.